The number of nitrogens with one attached hydrogen (secondary N) is 1. The monoisotopic (exact) mass is 422 g/mol. The van der Waals surface area contributed by atoms with Crippen LogP contribution in [0.15, 0.2) is 42.6 Å². The van der Waals surface area contributed by atoms with Gasteiger partial charge in [0.15, 0.2) is 0 Å². The first-order valence-corrected chi connectivity index (χ1v) is 11.2. The Labute approximate surface area is 181 Å². The number of nitrogens with zero attached hydrogens (tertiary/aromatic N) is 1. The standard InChI is InChI=1S/C25H27ClN2O2/c1-15-12-22(26)21(20-8-10-27-24(15)20)14-28-11-9-19(16-2-3-16)13-23(28)17-4-6-18(7-5-17)25(29)30/h4-8,10,12,16,19,23,27H,2-3,9,11,13-14H2,1H3,(H,29,30)/t19?,23-/m0/s1. The van der Waals surface area contributed by atoms with Gasteiger partial charge in [0.1, 0.15) is 0 Å². The van der Waals surface area contributed by atoms with Crippen molar-refractivity contribution in [2.24, 2.45) is 11.8 Å². The van der Waals surface area contributed by atoms with Gasteiger partial charge in [0.2, 0.25) is 0 Å². The van der Waals surface area contributed by atoms with Gasteiger partial charge in [0.05, 0.1) is 5.56 Å². The van der Waals surface area contributed by atoms with E-state index in [9.17, 15) is 9.90 Å². The number of carboxylic acids is 1. The lowest BCUT2D eigenvalue weighted by Gasteiger charge is -2.40. The Kier molecular flexibility index (Phi) is 5.08. The molecule has 1 saturated carbocycles. The van der Waals surface area contributed by atoms with Crippen molar-refractivity contribution < 1.29 is 9.90 Å². The van der Waals surface area contributed by atoms with Gasteiger partial charge in [-0.25, -0.2) is 4.79 Å². The number of hydrogen-bond acceptors (Lipinski definition) is 2. The maximum atomic E-state index is 11.3. The lowest BCUT2D eigenvalue weighted by Crippen LogP contribution is -2.37. The molecule has 2 N–H and O–H groups in total. The fourth-order valence-corrected chi connectivity index (χ4v) is 5.54. The number of carboxylic acid groups (broad SMARTS) is 1. The summed E-state index contributed by atoms with van der Waals surface area (Å²) in [6.45, 7) is 3.93. The van der Waals surface area contributed by atoms with Crippen molar-refractivity contribution in [1.82, 2.24) is 9.88 Å². The zero-order valence-electron chi connectivity index (χ0n) is 17.2. The van der Waals surface area contributed by atoms with Crippen LogP contribution in [0.5, 0.6) is 0 Å². The second-order valence-electron chi connectivity index (χ2n) is 8.96. The van der Waals surface area contributed by atoms with Crippen molar-refractivity contribution in [3.63, 3.8) is 0 Å². The van der Waals surface area contributed by atoms with Gasteiger partial charge in [0.25, 0.3) is 0 Å². The number of aromatic nitrogens is 1. The number of likely N-dealkylation sites (tertiary alicyclic amines) is 1. The van der Waals surface area contributed by atoms with Crippen LogP contribution in [0.4, 0.5) is 0 Å². The van der Waals surface area contributed by atoms with Gasteiger partial charge in [-0.3, -0.25) is 4.90 Å². The molecule has 1 saturated heterocycles. The zero-order chi connectivity index (χ0) is 20.8. The summed E-state index contributed by atoms with van der Waals surface area (Å²) in [7, 11) is 0. The predicted octanol–water partition coefficient (Wildman–Crippen LogP) is 6.19. The highest BCUT2D eigenvalue weighted by molar-refractivity contribution is 6.32. The van der Waals surface area contributed by atoms with Crippen LogP contribution in [0.25, 0.3) is 10.9 Å². The molecule has 1 aromatic heterocycles. The van der Waals surface area contributed by atoms with Gasteiger partial charge in [-0.05, 0) is 91.9 Å². The number of carbonyl (C=O) groups is 1. The summed E-state index contributed by atoms with van der Waals surface area (Å²) in [5.74, 6) is 0.776. The molecule has 0 radical (unpaired) electrons. The largest absolute Gasteiger partial charge is 0.478 e. The molecule has 0 spiro atoms. The summed E-state index contributed by atoms with van der Waals surface area (Å²) < 4.78 is 0. The number of halogens is 1. The van der Waals surface area contributed by atoms with Gasteiger partial charge in [0, 0.05) is 34.7 Å². The molecule has 1 unspecified atom stereocenters. The lowest BCUT2D eigenvalue weighted by molar-refractivity contribution is 0.0696. The topological polar surface area (TPSA) is 56.3 Å². The van der Waals surface area contributed by atoms with Crippen LogP contribution in [-0.2, 0) is 6.54 Å². The third-order valence-corrected chi connectivity index (χ3v) is 7.38. The van der Waals surface area contributed by atoms with Crippen LogP contribution in [0.2, 0.25) is 5.02 Å². The maximum Gasteiger partial charge on any atom is 0.335 e. The third-order valence-electron chi connectivity index (χ3n) is 7.04. The number of H-pyrrole nitrogens is 1. The second kappa shape index (κ2) is 7.75. The quantitative estimate of drug-likeness (QED) is 0.515. The van der Waals surface area contributed by atoms with E-state index < -0.39 is 5.97 Å². The van der Waals surface area contributed by atoms with E-state index in [1.807, 2.05) is 18.3 Å². The number of aryl methyl sites for hydroxylation is 1. The molecule has 0 amide bonds. The Morgan fingerprint density at radius 2 is 1.93 bits per heavy atom. The molecule has 2 aromatic carbocycles. The van der Waals surface area contributed by atoms with Crippen LogP contribution < -0.4 is 0 Å². The Bertz CT molecular complexity index is 1080. The predicted molar refractivity (Wildman–Crippen MR) is 120 cm³/mol. The molecule has 156 valence electrons. The number of fused-ring (bicyclic) bond motifs is 1. The fourth-order valence-electron chi connectivity index (χ4n) is 5.21. The fraction of sp³-hybridized carbons (Fsp3) is 0.400. The van der Waals surface area contributed by atoms with Crippen LogP contribution in [0.1, 0.15) is 58.8 Å². The minimum absolute atomic E-state index is 0.290. The number of hydrogen-bond donors (Lipinski definition) is 2. The third kappa shape index (κ3) is 3.63. The Balaban J connectivity index is 1.48. The van der Waals surface area contributed by atoms with Crippen molar-refractivity contribution >= 4 is 28.5 Å². The summed E-state index contributed by atoms with van der Waals surface area (Å²) in [4.78, 5) is 17.2. The molecule has 1 aliphatic heterocycles. The summed E-state index contributed by atoms with van der Waals surface area (Å²) in [5, 5.41) is 11.3. The second-order valence-corrected chi connectivity index (χ2v) is 9.36. The lowest BCUT2D eigenvalue weighted by atomic mass is 9.83. The van der Waals surface area contributed by atoms with Crippen molar-refractivity contribution in [2.75, 3.05) is 6.54 Å². The number of rotatable bonds is 5. The molecular formula is C25H27ClN2O2. The smallest absolute Gasteiger partial charge is 0.335 e. The first kappa shape index (κ1) is 19.7. The van der Waals surface area contributed by atoms with Gasteiger partial charge < -0.3 is 10.1 Å². The highest BCUT2D eigenvalue weighted by atomic mass is 35.5. The average Bonchev–Trinajstić information content (AvgIpc) is 3.47. The van der Waals surface area contributed by atoms with E-state index in [1.165, 1.54) is 35.8 Å². The molecule has 2 fully saturated rings. The minimum Gasteiger partial charge on any atom is -0.478 e. The van der Waals surface area contributed by atoms with Gasteiger partial charge in [-0.2, -0.15) is 0 Å². The molecule has 3 aromatic rings. The molecule has 30 heavy (non-hydrogen) atoms. The van der Waals surface area contributed by atoms with Crippen molar-refractivity contribution in [2.45, 2.75) is 45.2 Å². The SMILES string of the molecule is Cc1cc(Cl)c(CN2CCC(C3CC3)C[C@H]2c2ccc(C(=O)O)cc2)c2cc[nH]c12. The summed E-state index contributed by atoms with van der Waals surface area (Å²) in [6, 6.07) is 11.9. The van der Waals surface area contributed by atoms with E-state index in [-0.39, 0.29) is 0 Å². The van der Waals surface area contributed by atoms with Crippen molar-refractivity contribution in [1.29, 1.82) is 0 Å². The molecule has 1 aliphatic carbocycles. The Morgan fingerprint density at radius 3 is 2.63 bits per heavy atom. The normalized spacial score (nSPS) is 22.5. The van der Waals surface area contributed by atoms with Gasteiger partial charge in [-0.15, -0.1) is 0 Å². The average molecular weight is 423 g/mol. The molecular weight excluding hydrogens is 396 g/mol. The molecule has 5 heteroatoms. The van der Waals surface area contributed by atoms with E-state index in [4.69, 9.17) is 11.6 Å². The first-order chi connectivity index (χ1) is 14.5. The molecule has 2 heterocycles. The van der Waals surface area contributed by atoms with E-state index in [0.29, 0.717) is 11.6 Å². The molecule has 5 rings (SSSR count). The number of benzene rings is 2. The number of aromatic carboxylic acids is 1. The van der Waals surface area contributed by atoms with E-state index in [2.05, 4.69) is 28.9 Å². The first-order valence-electron chi connectivity index (χ1n) is 10.8. The Hall–Kier alpha value is -2.30. The van der Waals surface area contributed by atoms with Gasteiger partial charge >= 0.3 is 5.97 Å². The van der Waals surface area contributed by atoms with E-state index >= 15 is 0 Å². The van der Waals surface area contributed by atoms with Crippen molar-refractivity contribution in [3.05, 3.63) is 69.9 Å². The van der Waals surface area contributed by atoms with Gasteiger partial charge in [-0.1, -0.05) is 23.7 Å². The molecule has 0 bridgehead atoms. The van der Waals surface area contributed by atoms with E-state index in [1.54, 1.807) is 12.1 Å². The highest BCUT2D eigenvalue weighted by Crippen LogP contribution is 2.47. The van der Waals surface area contributed by atoms with Crippen molar-refractivity contribution in [3.8, 4) is 0 Å². The number of piperidine rings is 1. The van der Waals surface area contributed by atoms with Crippen LogP contribution in [-0.4, -0.2) is 27.5 Å². The summed E-state index contributed by atoms with van der Waals surface area (Å²) in [5.41, 5.74) is 5.05. The molecule has 2 atom stereocenters. The van der Waals surface area contributed by atoms with E-state index in [0.717, 1.165) is 47.4 Å². The van der Waals surface area contributed by atoms with Crippen LogP contribution in [0.3, 0.4) is 0 Å². The molecule has 4 nitrogen and oxygen atoms in total. The summed E-state index contributed by atoms with van der Waals surface area (Å²) in [6.07, 6.45) is 7.08. The number of aromatic amines is 1. The summed E-state index contributed by atoms with van der Waals surface area (Å²) >= 11 is 6.72. The van der Waals surface area contributed by atoms with Crippen LogP contribution in [0, 0.1) is 18.8 Å². The Morgan fingerprint density at radius 1 is 1.17 bits per heavy atom. The zero-order valence-corrected chi connectivity index (χ0v) is 18.0. The molecule has 2 aliphatic rings. The maximum absolute atomic E-state index is 11.3. The minimum atomic E-state index is -0.876. The van der Waals surface area contributed by atoms with Crippen LogP contribution >= 0.6 is 11.6 Å². The highest BCUT2D eigenvalue weighted by Gasteiger charge is 2.38.